The van der Waals surface area contributed by atoms with Gasteiger partial charge in [-0.3, -0.25) is 4.79 Å². The highest BCUT2D eigenvalue weighted by Gasteiger charge is 2.14. The summed E-state index contributed by atoms with van der Waals surface area (Å²) >= 11 is 0. The molecule has 1 aliphatic heterocycles. The second kappa shape index (κ2) is 8.30. The number of carboxylic acids is 1. The lowest BCUT2D eigenvalue weighted by atomic mass is 10.0. The van der Waals surface area contributed by atoms with E-state index < -0.39 is 5.97 Å². The molecule has 5 rings (SSSR count). The van der Waals surface area contributed by atoms with Crippen molar-refractivity contribution >= 4 is 28.5 Å². The van der Waals surface area contributed by atoms with Crippen molar-refractivity contribution in [2.45, 2.75) is 19.3 Å². The molecule has 4 aromatic rings. The number of ketones is 1. The number of hydrogen-bond donors (Lipinski definition) is 2. The largest absolute Gasteiger partial charge is 0.478 e. The SMILES string of the molecule is O=C(O)c1ccc(-c2nc3ccc(CC(=O)c4ccc(N5CCCC5)cc4)cc3[nH]2)cc1. The van der Waals surface area contributed by atoms with Gasteiger partial charge in [-0.1, -0.05) is 18.2 Å². The summed E-state index contributed by atoms with van der Waals surface area (Å²) in [4.78, 5) is 34.1. The van der Waals surface area contributed by atoms with E-state index in [1.807, 2.05) is 42.5 Å². The van der Waals surface area contributed by atoms with E-state index >= 15 is 0 Å². The van der Waals surface area contributed by atoms with E-state index in [1.165, 1.54) is 18.5 Å². The third-order valence-corrected chi connectivity index (χ3v) is 5.98. The number of anilines is 1. The fraction of sp³-hybridized carbons (Fsp3) is 0.192. The Hall–Kier alpha value is -3.93. The molecule has 0 aliphatic carbocycles. The van der Waals surface area contributed by atoms with Crippen molar-refractivity contribution < 1.29 is 14.7 Å². The van der Waals surface area contributed by atoms with E-state index in [4.69, 9.17) is 5.11 Å². The Morgan fingerprint density at radius 2 is 1.59 bits per heavy atom. The summed E-state index contributed by atoms with van der Waals surface area (Å²) in [6.07, 6.45) is 2.78. The monoisotopic (exact) mass is 425 g/mol. The van der Waals surface area contributed by atoms with Crippen LogP contribution in [0.25, 0.3) is 22.4 Å². The minimum atomic E-state index is -0.957. The fourth-order valence-corrected chi connectivity index (χ4v) is 4.20. The molecule has 32 heavy (non-hydrogen) atoms. The van der Waals surface area contributed by atoms with Crippen molar-refractivity contribution in [1.82, 2.24) is 9.97 Å². The van der Waals surface area contributed by atoms with Crippen molar-refractivity contribution in [3.05, 3.63) is 83.4 Å². The topological polar surface area (TPSA) is 86.3 Å². The van der Waals surface area contributed by atoms with Gasteiger partial charge in [-0.25, -0.2) is 9.78 Å². The Labute approximate surface area is 185 Å². The van der Waals surface area contributed by atoms with Crippen molar-refractivity contribution in [2.75, 3.05) is 18.0 Å². The first-order chi connectivity index (χ1) is 15.6. The van der Waals surface area contributed by atoms with Gasteiger partial charge in [0.25, 0.3) is 0 Å². The number of fused-ring (bicyclic) bond motifs is 1. The maximum atomic E-state index is 12.8. The lowest BCUT2D eigenvalue weighted by Crippen LogP contribution is -2.17. The number of aromatic carboxylic acids is 1. The summed E-state index contributed by atoms with van der Waals surface area (Å²) in [6.45, 7) is 2.17. The normalized spacial score (nSPS) is 13.6. The summed E-state index contributed by atoms with van der Waals surface area (Å²) < 4.78 is 0. The molecule has 0 radical (unpaired) electrons. The van der Waals surface area contributed by atoms with Crippen molar-refractivity contribution in [1.29, 1.82) is 0 Å². The molecule has 0 unspecified atom stereocenters. The molecule has 0 bridgehead atoms. The molecule has 2 N–H and O–H groups in total. The Kier molecular flexibility index (Phi) is 5.19. The minimum Gasteiger partial charge on any atom is -0.478 e. The molecule has 6 nitrogen and oxygen atoms in total. The van der Waals surface area contributed by atoms with Gasteiger partial charge >= 0.3 is 5.97 Å². The fourth-order valence-electron chi connectivity index (χ4n) is 4.20. The van der Waals surface area contributed by atoms with Crippen LogP contribution < -0.4 is 4.90 Å². The number of rotatable bonds is 6. The number of nitrogens with one attached hydrogen (secondary N) is 1. The summed E-state index contributed by atoms with van der Waals surface area (Å²) in [5.74, 6) is -0.208. The van der Waals surface area contributed by atoms with Gasteiger partial charge in [0.05, 0.1) is 16.6 Å². The summed E-state index contributed by atoms with van der Waals surface area (Å²) in [5.41, 5.74) is 5.51. The number of carbonyl (C=O) groups is 2. The van der Waals surface area contributed by atoms with Crippen LogP contribution in [0.3, 0.4) is 0 Å². The molecule has 6 heteroatoms. The van der Waals surface area contributed by atoms with Crippen LogP contribution >= 0.6 is 0 Å². The van der Waals surface area contributed by atoms with Crippen LogP contribution in [0.2, 0.25) is 0 Å². The maximum absolute atomic E-state index is 12.8. The Bertz CT molecular complexity index is 1280. The zero-order valence-corrected chi connectivity index (χ0v) is 17.5. The van der Waals surface area contributed by atoms with Gasteiger partial charge in [-0.05, 0) is 66.9 Å². The van der Waals surface area contributed by atoms with Crippen LogP contribution in [-0.4, -0.2) is 39.9 Å². The summed E-state index contributed by atoms with van der Waals surface area (Å²) in [7, 11) is 0. The van der Waals surface area contributed by atoms with Gasteiger partial charge in [-0.2, -0.15) is 0 Å². The number of nitrogens with zero attached hydrogens (tertiary/aromatic N) is 2. The molecule has 0 saturated carbocycles. The molecule has 1 saturated heterocycles. The lowest BCUT2D eigenvalue weighted by Gasteiger charge is -2.17. The van der Waals surface area contributed by atoms with E-state index in [2.05, 4.69) is 14.9 Å². The highest BCUT2D eigenvalue weighted by molar-refractivity contribution is 5.98. The summed E-state index contributed by atoms with van der Waals surface area (Å²) in [6, 6.07) is 20.3. The van der Waals surface area contributed by atoms with E-state index in [1.54, 1.807) is 24.3 Å². The molecule has 0 atom stereocenters. The molecule has 3 aromatic carbocycles. The molecule has 160 valence electrons. The predicted molar refractivity (Wildman–Crippen MR) is 124 cm³/mol. The number of carbonyl (C=O) groups excluding carboxylic acids is 1. The average molecular weight is 425 g/mol. The highest BCUT2D eigenvalue weighted by Crippen LogP contribution is 2.24. The van der Waals surface area contributed by atoms with Gasteiger partial charge in [0.15, 0.2) is 5.78 Å². The second-order valence-electron chi connectivity index (χ2n) is 8.16. The number of Topliss-reactive ketones (excluding diaryl/α,β-unsaturated/α-hetero) is 1. The van der Waals surface area contributed by atoms with Crippen LogP contribution in [0.4, 0.5) is 5.69 Å². The third kappa shape index (κ3) is 3.99. The molecule has 1 aliphatic rings. The Balaban J connectivity index is 1.32. The smallest absolute Gasteiger partial charge is 0.335 e. The molecule has 1 fully saturated rings. The molecule has 2 heterocycles. The van der Waals surface area contributed by atoms with E-state index in [0.717, 1.165) is 40.8 Å². The standard InChI is InChI=1S/C26H23N3O3/c30-24(18-8-10-21(11-9-18)29-13-1-2-14-29)16-17-3-12-22-23(15-17)28-25(27-22)19-4-6-20(7-5-19)26(31)32/h3-12,15H,1-2,13-14,16H2,(H,27,28)(H,31,32). The number of benzene rings is 3. The van der Waals surface area contributed by atoms with Gasteiger partial charge in [-0.15, -0.1) is 0 Å². The first-order valence-corrected chi connectivity index (χ1v) is 10.8. The van der Waals surface area contributed by atoms with Gasteiger partial charge in [0.2, 0.25) is 0 Å². The number of imidazole rings is 1. The van der Waals surface area contributed by atoms with Crippen molar-refractivity contribution in [3.63, 3.8) is 0 Å². The lowest BCUT2D eigenvalue weighted by molar-refractivity contribution is 0.0696. The molecular formula is C26H23N3O3. The zero-order chi connectivity index (χ0) is 22.1. The van der Waals surface area contributed by atoms with Crippen molar-refractivity contribution in [3.8, 4) is 11.4 Å². The minimum absolute atomic E-state index is 0.0846. The number of carboxylic acid groups (broad SMARTS) is 1. The number of aromatic amines is 1. The number of hydrogen-bond acceptors (Lipinski definition) is 4. The van der Waals surface area contributed by atoms with Crippen LogP contribution in [0.15, 0.2) is 66.7 Å². The van der Waals surface area contributed by atoms with E-state index in [-0.39, 0.29) is 11.3 Å². The molecular weight excluding hydrogens is 402 g/mol. The van der Waals surface area contributed by atoms with Crippen LogP contribution in [-0.2, 0) is 6.42 Å². The highest BCUT2D eigenvalue weighted by atomic mass is 16.4. The number of H-pyrrole nitrogens is 1. The molecule has 0 amide bonds. The second-order valence-corrected chi connectivity index (χ2v) is 8.16. The molecule has 1 aromatic heterocycles. The quantitative estimate of drug-likeness (QED) is 0.427. The van der Waals surface area contributed by atoms with Gasteiger partial charge in [0, 0.05) is 36.3 Å². The average Bonchev–Trinajstić information content (AvgIpc) is 3.49. The third-order valence-electron chi connectivity index (χ3n) is 5.98. The summed E-state index contributed by atoms with van der Waals surface area (Å²) in [5, 5.41) is 9.06. The van der Waals surface area contributed by atoms with Crippen molar-refractivity contribution in [2.24, 2.45) is 0 Å². The van der Waals surface area contributed by atoms with E-state index in [0.29, 0.717) is 12.2 Å². The van der Waals surface area contributed by atoms with Gasteiger partial charge < -0.3 is 15.0 Å². The first-order valence-electron chi connectivity index (χ1n) is 10.8. The number of aromatic nitrogens is 2. The molecule has 0 spiro atoms. The van der Waals surface area contributed by atoms with Gasteiger partial charge in [0.1, 0.15) is 5.82 Å². The van der Waals surface area contributed by atoms with Crippen LogP contribution in [0.5, 0.6) is 0 Å². The maximum Gasteiger partial charge on any atom is 0.335 e. The van der Waals surface area contributed by atoms with E-state index in [9.17, 15) is 9.59 Å². The Morgan fingerprint density at radius 3 is 2.28 bits per heavy atom. The zero-order valence-electron chi connectivity index (χ0n) is 17.5. The predicted octanol–water partition coefficient (Wildman–Crippen LogP) is 4.95. The Morgan fingerprint density at radius 1 is 0.906 bits per heavy atom. The first kappa shape index (κ1) is 20.0. The van der Waals surface area contributed by atoms with Crippen LogP contribution in [0.1, 0.15) is 39.1 Å². The van der Waals surface area contributed by atoms with Crippen LogP contribution in [0, 0.1) is 0 Å².